The Hall–Kier alpha value is -1.76. The summed E-state index contributed by atoms with van der Waals surface area (Å²) in [7, 11) is 0. The minimum atomic E-state index is -1.18. The molecule has 2 unspecified atom stereocenters. The van der Waals surface area contributed by atoms with Gasteiger partial charge in [0.1, 0.15) is 11.5 Å². The Kier molecular flexibility index (Phi) is 3.94. The second-order valence-electron chi connectivity index (χ2n) is 4.74. The van der Waals surface area contributed by atoms with Crippen LogP contribution < -0.4 is 11.1 Å². The smallest absolute Gasteiger partial charge is 0.327 e. The molecule has 5 nitrogen and oxygen atoms in total. The second-order valence-corrected chi connectivity index (χ2v) is 4.74. The standard InChI is InChI=1S/C12H15F2N3O2/c13-7-5-8(14)12(17(18)19)11(6-7)16-10-4-2-1-3-9(10)15/h5-6,9-10,16H,1-4,15H2. The monoisotopic (exact) mass is 271 g/mol. The van der Waals surface area contributed by atoms with Gasteiger partial charge in [0.15, 0.2) is 0 Å². The summed E-state index contributed by atoms with van der Waals surface area (Å²) in [6.45, 7) is 0. The molecule has 104 valence electrons. The Morgan fingerprint density at radius 3 is 2.63 bits per heavy atom. The lowest BCUT2D eigenvalue weighted by molar-refractivity contribution is -0.386. The van der Waals surface area contributed by atoms with Gasteiger partial charge in [0.25, 0.3) is 0 Å². The molecule has 0 radical (unpaired) electrons. The minimum Gasteiger partial charge on any atom is -0.375 e. The van der Waals surface area contributed by atoms with Gasteiger partial charge in [0.05, 0.1) is 4.92 Å². The molecule has 2 rings (SSSR count). The topological polar surface area (TPSA) is 81.2 Å². The molecule has 2 atom stereocenters. The van der Waals surface area contributed by atoms with Crippen LogP contribution in [-0.4, -0.2) is 17.0 Å². The fraction of sp³-hybridized carbons (Fsp3) is 0.500. The number of nitro groups is 1. The summed E-state index contributed by atoms with van der Waals surface area (Å²) in [5.74, 6) is -2.04. The minimum absolute atomic E-state index is 0.148. The van der Waals surface area contributed by atoms with E-state index in [1.165, 1.54) is 0 Å². The van der Waals surface area contributed by atoms with Crippen LogP contribution in [0.2, 0.25) is 0 Å². The number of hydrogen-bond acceptors (Lipinski definition) is 4. The van der Waals surface area contributed by atoms with Crippen molar-refractivity contribution in [2.75, 3.05) is 5.32 Å². The predicted octanol–water partition coefficient (Wildman–Crippen LogP) is 2.55. The molecule has 0 heterocycles. The Bertz CT molecular complexity index is 496. The van der Waals surface area contributed by atoms with Gasteiger partial charge >= 0.3 is 5.69 Å². The maximum Gasteiger partial charge on any atom is 0.327 e. The van der Waals surface area contributed by atoms with Crippen molar-refractivity contribution in [2.45, 2.75) is 37.8 Å². The van der Waals surface area contributed by atoms with Crippen LogP contribution in [0.15, 0.2) is 12.1 Å². The fourth-order valence-electron chi connectivity index (χ4n) is 2.40. The quantitative estimate of drug-likeness (QED) is 0.654. The Morgan fingerprint density at radius 1 is 1.32 bits per heavy atom. The third-order valence-electron chi connectivity index (χ3n) is 3.37. The Balaban J connectivity index is 2.30. The second kappa shape index (κ2) is 5.48. The molecule has 1 aromatic carbocycles. The van der Waals surface area contributed by atoms with E-state index in [1.54, 1.807) is 0 Å². The van der Waals surface area contributed by atoms with E-state index in [-0.39, 0.29) is 17.8 Å². The summed E-state index contributed by atoms with van der Waals surface area (Å²) in [6.07, 6.45) is 3.47. The highest BCUT2D eigenvalue weighted by Gasteiger charge is 2.27. The van der Waals surface area contributed by atoms with Gasteiger partial charge in [0.2, 0.25) is 5.82 Å². The molecule has 19 heavy (non-hydrogen) atoms. The zero-order chi connectivity index (χ0) is 14.0. The van der Waals surface area contributed by atoms with E-state index in [2.05, 4.69) is 5.32 Å². The first kappa shape index (κ1) is 13.7. The molecule has 7 heteroatoms. The molecule has 0 spiro atoms. The molecule has 0 aromatic heterocycles. The molecule has 0 aliphatic heterocycles. The van der Waals surface area contributed by atoms with Crippen LogP contribution in [0.5, 0.6) is 0 Å². The van der Waals surface area contributed by atoms with E-state index in [9.17, 15) is 18.9 Å². The van der Waals surface area contributed by atoms with E-state index in [0.717, 1.165) is 31.7 Å². The third kappa shape index (κ3) is 2.98. The number of rotatable bonds is 3. The van der Waals surface area contributed by atoms with Crippen LogP contribution in [0.1, 0.15) is 25.7 Å². The van der Waals surface area contributed by atoms with Crippen molar-refractivity contribution in [1.29, 1.82) is 0 Å². The van der Waals surface area contributed by atoms with Gasteiger partial charge in [-0.05, 0) is 12.8 Å². The van der Waals surface area contributed by atoms with Crippen molar-refractivity contribution in [3.63, 3.8) is 0 Å². The van der Waals surface area contributed by atoms with Crippen molar-refractivity contribution in [1.82, 2.24) is 0 Å². The number of nitrogens with one attached hydrogen (secondary N) is 1. The van der Waals surface area contributed by atoms with Crippen molar-refractivity contribution in [3.05, 3.63) is 33.9 Å². The SMILES string of the molecule is NC1CCCCC1Nc1cc(F)cc(F)c1[N+](=O)[O-]. The maximum absolute atomic E-state index is 13.5. The first-order chi connectivity index (χ1) is 8.99. The van der Waals surface area contributed by atoms with Crippen LogP contribution in [0.3, 0.4) is 0 Å². The van der Waals surface area contributed by atoms with Crippen LogP contribution in [-0.2, 0) is 0 Å². The van der Waals surface area contributed by atoms with Crippen molar-refractivity contribution >= 4 is 11.4 Å². The third-order valence-corrected chi connectivity index (χ3v) is 3.37. The molecule has 1 saturated carbocycles. The van der Waals surface area contributed by atoms with Crippen molar-refractivity contribution in [3.8, 4) is 0 Å². The number of halogens is 2. The first-order valence-corrected chi connectivity index (χ1v) is 6.14. The lowest BCUT2D eigenvalue weighted by Crippen LogP contribution is -2.42. The highest BCUT2D eigenvalue weighted by Crippen LogP contribution is 2.31. The predicted molar refractivity (Wildman–Crippen MR) is 66.9 cm³/mol. The molecule has 0 bridgehead atoms. The van der Waals surface area contributed by atoms with Gasteiger partial charge in [-0.3, -0.25) is 10.1 Å². The summed E-state index contributed by atoms with van der Waals surface area (Å²) in [5, 5.41) is 13.7. The molecular formula is C12H15F2N3O2. The number of nitrogens with zero attached hydrogens (tertiary/aromatic N) is 1. The molecular weight excluding hydrogens is 256 g/mol. The molecule has 1 aliphatic carbocycles. The van der Waals surface area contributed by atoms with Gasteiger partial charge < -0.3 is 11.1 Å². The number of nitrogens with two attached hydrogens (primary N) is 1. The fourth-order valence-corrected chi connectivity index (χ4v) is 2.40. The lowest BCUT2D eigenvalue weighted by atomic mass is 9.91. The number of anilines is 1. The van der Waals surface area contributed by atoms with Gasteiger partial charge in [-0.15, -0.1) is 0 Å². The normalized spacial score (nSPS) is 23.1. The first-order valence-electron chi connectivity index (χ1n) is 6.14. The van der Waals surface area contributed by atoms with Crippen molar-refractivity contribution < 1.29 is 13.7 Å². The lowest BCUT2D eigenvalue weighted by Gasteiger charge is -2.30. The zero-order valence-electron chi connectivity index (χ0n) is 10.2. The summed E-state index contributed by atoms with van der Waals surface area (Å²) in [4.78, 5) is 9.99. The number of benzene rings is 1. The molecule has 0 amide bonds. The van der Waals surface area contributed by atoms with Crippen LogP contribution in [0, 0.1) is 21.7 Å². The summed E-state index contributed by atoms with van der Waals surface area (Å²) in [5.41, 5.74) is 5.02. The molecule has 1 aliphatic rings. The average Bonchev–Trinajstić information content (AvgIpc) is 2.30. The average molecular weight is 271 g/mol. The van der Waals surface area contributed by atoms with Gasteiger partial charge in [0, 0.05) is 24.2 Å². The van der Waals surface area contributed by atoms with E-state index in [0.29, 0.717) is 6.07 Å². The van der Waals surface area contributed by atoms with E-state index in [1.807, 2.05) is 0 Å². The highest BCUT2D eigenvalue weighted by atomic mass is 19.1. The van der Waals surface area contributed by atoms with E-state index >= 15 is 0 Å². The summed E-state index contributed by atoms with van der Waals surface area (Å²) >= 11 is 0. The van der Waals surface area contributed by atoms with Crippen LogP contribution >= 0.6 is 0 Å². The maximum atomic E-state index is 13.5. The van der Waals surface area contributed by atoms with Gasteiger partial charge in [-0.1, -0.05) is 12.8 Å². The Labute approximate surface area is 108 Å². The van der Waals surface area contributed by atoms with Crippen molar-refractivity contribution in [2.24, 2.45) is 5.73 Å². The number of hydrogen-bond donors (Lipinski definition) is 2. The highest BCUT2D eigenvalue weighted by molar-refractivity contribution is 5.62. The summed E-state index contributed by atoms with van der Waals surface area (Å²) < 4.78 is 26.6. The van der Waals surface area contributed by atoms with Gasteiger partial charge in [-0.2, -0.15) is 4.39 Å². The molecule has 3 N–H and O–H groups in total. The van der Waals surface area contributed by atoms with Crippen LogP contribution in [0.4, 0.5) is 20.2 Å². The summed E-state index contributed by atoms with van der Waals surface area (Å²) in [6, 6.07) is 1.07. The van der Waals surface area contributed by atoms with Gasteiger partial charge in [-0.25, -0.2) is 4.39 Å². The molecule has 1 fully saturated rings. The zero-order valence-corrected chi connectivity index (χ0v) is 10.2. The molecule has 0 saturated heterocycles. The van der Waals surface area contributed by atoms with E-state index < -0.39 is 22.2 Å². The molecule has 1 aromatic rings. The Morgan fingerprint density at radius 2 is 2.00 bits per heavy atom. The van der Waals surface area contributed by atoms with Crippen LogP contribution in [0.25, 0.3) is 0 Å². The van der Waals surface area contributed by atoms with E-state index in [4.69, 9.17) is 5.73 Å². The largest absolute Gasteiger partial charge is 0.375 e. The number of nitro benzene ring substituents is 1.